The summed E-state index contributed by atoms with van der Waals surface area (Å²) in [4.78, 5) is 14.1. The van der Waals surface area contributed by atoms with Gasteiger partial charge in [0.25, 0.3) is 0 Å². The van der Waals surface area contributed by atoms with E-state index in [1.807, 2.05) is 19.9 Å². The predicted molar refractivity (Wildman–Crippen MR) is 93.3 cm³/mol. The number of rotatable bonds is 4. The van der Waals surface area contributed by atoms with Crippen molar-refractivity contribution in [3.63, 3.8) is 0 Å². The van der Waals surface area contributed by atoms with Crippen LogP contribution in [0, 0.1) is 17.0 Å². The van der Waals surface area contributed by atoms with Crippen LogP contribution in [0.5, 0.6) is 0 Å². The second-order valence-electron chi connectivity index (χ2n) is 7.03. The molecule has 5 heteroatoms. The van der Waals surface area contributed by atoms with Crippen LogP contribution in [-0.2, 0) is 6.42 Å². The molecule has 25 heavy (non-hydrogen) atoms. The SMILES string of the molecule is CC1(C)CCc2cc(N(CCO)c3ccc(F)cc3F)ccc2C1=O. The zero-order valence-corrected chi connectivity index (χ0v) is 14.4. The molecule has 1 N–H and O–H groups in total. The molecule has 0 aliphatic heterocycles. The van der Waals surface area contributed by atoms with Crippen LogP contribution in [0.15, 0.2) is 36.4 Å². The normalized spacial score (nSPS) is 15.8. The van der Waals surface area contributed by atoms with Gasteiger partial charge in [-0.25, -0.2) is 8.78 Å². The minimum Gasteiger partial charge on any atom is -0.395 e. The highest BCUT2D eigenvalue weighted by Crippen LogP contribution is 2.37. The van der Waals surface area contributed by atoms with Crippen molar-refractivity contribution in [1.29, 1.82) is 0 Å². The Morgan fingerprint density at radius 1 is 1.16 bits per heavy atom. The minimum absolute atomic E-state index is 0.113. The number of halogens is 2. The van der Waals surface area contributed by atoms with Crippen LogP contribution in [-0.4, -0.2) is 24.0 Å². The number of aliphatic hydroxyl groups excluding tert-OH is 1. The number of Topliss-reactive ketones (excluding diaryl/α,β-unsaturated/α-hetero) is 1. The molecule has 0 bridgehead atoms. The fourth-order valence-electron chi connectivity index (χ4n) is 3.29. The van der Waals surface area contributed by atoms with Gasteiger partial charge in [-0.3, -0.25) is 4.79 Å². The molecule has 0 heterocycles. The molecule has 2 aromatic rings. The average molecular weight is 345 g/mol. The van der Waals surface area contributed by atoms with E-state index in [-0.39, 0.29) is 30.0 Å². The third-order valence-electron chi connectivity index (χ3n) is 4.80. The number of benzene rings is 2. The highest BCUT2D eigenvalue weighted by Gasteiger charge is 2.34. The monoisotopic (exact) mass is 345 g/mol. The molecule has 0 fully saturated rings. The van der Waals surface area contributed by atoms with Crippen LogP contribution in [0.25, 0.3) is 0 Å². The Morgan fingerprint density at radius 2 is 1.92 bits per heavy atom. The largest absolute Gasteiger partial charge is 0.395 e. The molecule has 3 rings (SSSR count). The molecule has 0 unspecified atom stereocenters. The van der Waals surface area contributed by atoms with E-state index in [0.717, 1.165) is 24.5 Å². The van der Waals surface area contributed by atoms with Crippen LogP contribution in [0.4, 0.5) is 20.2 Å². The first kappa shape index (κ1) is 17.5. The lowest BCUT2D eigenvalue weighted by atomic mass is 9.73. The summed E-state index contributed by atoms with van der Waals surface area (Å²) in [6.07, 6.45) is 1.52. The molecule has 2 aromatic carbocycles. The lowest BCUT2D eigenvalue weighted by Gasteiger charge is -2.31. The number of aryl methyl sites for hydroxylation is 1. The average Bonchev–Trinajstić information content (AvgIpc) is 2.57. The van der Waals surface area contributed by atoms with Gasteiger partial charge in [-0.1, -0.05) is 13.8 Å². The first-order chi connectivity index (χ1) is 11.8. The lowest BCUT2D eigenvalue weighted by Crippen LogP contribution is -2.30. The third kappa shape index (κ3) is 3.29. The molecular weight excluding hydrogens is 324 g/mol. The molecule has 0 saturated carbocycles. The Labute approximate surface area is 145 Å². The summed E-state index contributed by atoms with van der Waals surface area (Å²) in [5.41, 5.74) is 2.11. The molecule has 3 nitrogen and oxygen atoms in total. The number of nitrogens with zero attached hydrogens (tertiary/aromatic N) is 1. The Bertz CT molecular complexity index is 817. The van der Waals surface area contributed by atoms with Gasteiger partial charge in [-0.2, -0.15) is 0 Å². The van der Waals surface area contributed by atoms with Crippen LogP contribution in [0.2, 0.25) is 0 Å². The summed E-state index contributed by atoms with van der Waals surface area (Å²) in [5, 5.41) is 9.36. The van der Waals surface area contributed by atoms with E-state index in [0.29, 0.717) is 11.3 Å². The second-order valence-corrected chi connectivity index (χ2v) is 7.03. The van der Waals surface area contributed by atoms with Crippen molar-refractivity contribution in [2.24, 2.45) is 5.41 Å². The van der Waals surface area contributed by atoms with E-state index in [4.69, 9.17) is 0 Å². The zero-order valence-electron chi connectivity index (χ0n) is 14.4. The first-order valence-electron chi connectivity index (χ1n) is 8.34. The van der Waals surface area contributed by atoms with Crippen molar-refractivity contribution >= 4 is 17.2 Å². The number of anilines is 2. The Hall–Kier alpha value is -2.27. The molecular formula is C20H21F2NO2. The van der Waals surface area contributed by atoms with Crippen molar-refractivity contribution in [3.8, 4) is 0 Å². The third-order valence-corrected chi connectivity index (χ3v) is 4.80. The van der Waals surface area contributed by atoms with Crippen LogP contribution in [0.1, 0.15) is 36.2 Å². The quantitative estimate of drug-likeness (QED) is 0.900. The topological polar surface area (TPSA) is 40.5 Å². The Balaban J connectivity index is 2.03. The maximum Gasteiger partial charge on any atom is 0.168 e. The van der Waals surface area contributed by atoms with Gasteiger partial charge in [0, 0.05) is 29.3 Å². The molecule has 0 atom stereocenters. The number of fused-ring (bicyclic) bond motifs is 1. The van der Waals surface area contributed by atoms with Crippen molar-refractivity contribution in [1.82, 2.24) is 0 Å². The number of ketones is 1. The van der Waals surface area contributed by atoms with E-state index in [1.165, 1.54) is 12.1 Å². The van der Waals surface area contributed by atoms with Crippen molar-refractivity contribution in [3.05, 3.63) is 59.2 Å². The molecule has 1 aliphatic carbocycles. The van der Waals surface area contributed by atoms with Gasteiger partial charge in [0.2, 0.25) is 0 Å². The summed E-state index contributed by atoms with van der Waals surface area (Å²) in [5.74, 6) is -1.23. The highest BCUT2D eigenvalue weighted by molar-refractivity contribution is 6.02. The van der Waals surface area contributed by atoms with E-state index < -0.39 is 11.6 Å². The second kappa shape index (κ2) is 6.56. The van der Waals surface area contributed by atoms with Gasteiger partial charge < -0.3 is 10.0 Å². The fourth-order valence-corrected chi connectivity index (χ4v) is 3.29. The smallest absolute Gasteiger partial charge is 0.168 e. The van der Waals surface area contributed by atoms with Gasteiger partial charge >= 0.3 is 0 Å². The van der Waals surface area contributed by atoms with Crippen molar-refractivity contribution < 1.29 is 18.7 Å². The Morgan fingerprint density at radius 3 is 2.60 bits per heavy atom. The predicted octanol–water partition coefficient (Wildman–Crippen LogP) is 4.25. The summed E-state index contributed by atoms with van der Waals surface area (Å²) >= 11 is 0. The van der Waals surface area contributed by atoms with Crippen molar-refractivity contribution in [2.75, 3.05) is 18.1 Å². The number of carbonyl (C=O) groups excluding carboxylic acids is 1. The zero-order chi connectivity index (χ0) is 18.2. The highest BCUT2D eigenvalue weighted by atomic mass is 19.1. The van der Waals surface area contributed by atoms with Crippen LogP contribution < -0.4 is 4.90 Å². The van der Waals surface area contributed by atoms with E-state index in [2.05, 4.69) is 0 Å². The maximum atomic E-state index is 14.2. The summed E-state index contributed by atoms with van der Waals surface area (Å²) in [7, 11) is 0. The maximum absolute atomic E-state index is 14.2. The molecule has 0 amide bonds. The summed E-state index contributed by atoms with van der Waals surface area (Å²) < 4.78 is 27.4. The standard InChI is InChI=1S/C20H21F2NO2/c1-20(2)8-7-13-11-15(4-5-16(13)19(20)25)23(9-10-24)18-6-3-14(21)12-17(18)22/h3-6,11-12,24H,7-10H2,1-2H3. The molecule has 1 aliphatic rings. The van der Waals surface area contributed by atoms with E-state index in [9.17, 15) is 18.7 Å². The molecule has 0 radical (unpaired) electrons. The fraction of sp³-hybridized carbons (Fsp3) is 0.350. The molecule has 0 spiro atoms. The van der Waals surface area contributed by atoms with Gasteiger partial charge in [0.15, 0.2) is 5.78 Å². The van der Waals surface area contributed by atoms with Crippen molar-refractivity contribution in [2.45, 2.75) is 26.7 Å². The van der Waals surface area contributed by atoms with Crippen LogP contribution >= 0.6 is 0 Å². The summed E-state index contributed by atoms with van der Waals surface area (Å²) in [6.45, 7) is 3.87. The van der Waals surface area contributed by atoms with Crippen LogP contribution in [0.3, 0.4) is 0 Å². The number of aliphatic hydroxyl groups is 1. The van der Waals surface area contributed by atoms with Gasteiger partial charge in [-0.15, -0.1) is 0 Å². The Kier molecular flexibility index (Phi) is 4.60. The molecule has 132 valence electrons. The first-order valence-corrected chi connectivity index (χ1v) is 8.34. The molecule has 0 saturated heterocycles. The van der Waals surface area contributed by atoms with E-state index in [1.54, 1.807) is 17.0 Å². The molecule has 0 aromatic heterocycles. The lowest BCUT2D eigenvalue weighted by molar-refractivity contribution is 0.0811. The minimum atomic E-state index is -0.691. The van der Waals surface area contributed by atoms with Gasteiger partial charge in [-0.05, 0) is 48.7 Å². The van der Waals surface area contributed by atoms with Gasteiger partial charge in [0.05, 0.1) is 12.3 Å². The van der Waals surface area contributed by atoms with E-state index >= 15 is 0 Å². The number of carbonyl (C=O) groups is 1. The number of hydrogen-bond donors (Lipinski definition) is 1. The number of hydrogen-bond acceptors (Lipinski definition) is 3. The summed E-state index contributed by atoms with van der Waals surface area (Å²) in [6, 6.07) is 8.74. The van der Waals surface area contributed by atoms with Gasteiger partial charge in [0.1, 0.15) is 11.6 Å².